The van der Waals surface area contributed by atoms with Gasteiger partial charge >= 0.3 is 11.7 Å². The molecule has 0 saturated carbocycles. The second-order valence-corrected chi connectivity index (χ2v) is 9.05. The number of Topliss-reactive ketones (excluding diaryl/α,β-unsaturated/α-hetero) is 1. The third-order valence-corrected chi connectivity index (χ3v) is 5.60. The number of ether oxygens (including phenoxy) is 1. The minimum atomic E-state index is -0.845. The Hall–Kier alpha value is -4.54. The van der Waals surface area contributed by atoms with E-state index < -0.39 is 35.5 Å². The zero-order chi connectivity index (χ0) is 27.8. The Morgan fingerprint density at radius 3 is 2.32 bits per heavy atom. The number of ketones is 1. The second kappa shape index (κ2) is 12.6. The molecule has 1 aromatic heterocycles. The number of amides is 1. The fourth-order valence-corrected chi connectivity index (χ4v) is 3.73. The first-order chi connectivity index (χ1) is 18.1. The lowest BCUT2D eigenvalue weighted by molar-refractivity contribution is -0.147. The van der Waals surface area contributed by atoms with Gasteiger partial charge in [0.1, 0.15) is 11.6 Å². The van der Waals surface area contributed by atoms with Gasteiger partial charge in [0.2, 0.25) is 0 Å². The van der Waals surface area contributed by atoms with Crippen molar-refractivity contribution in [2.45, 2.75) is 33.2 Å². The van der Waals surface area contributed by atoms with Crippen LogP contribution in [0.2, 0.25) is 0 Å². The monoisotopic (exact) mass is 524 g/mol. The molecule has 3 aromatic rings. The maximum atomic E-state index is 13.1. The third kappa shape index (κ3) is 7.25. The van der Waals surface area contributed by atoms with E-state index in [0.717, 1.165) is 27.2 Å². The largest absolute Gasteiger partial charge is 0.456 e. The molecule has 0 fully saturated rings. The molecule has 0 aliphatic heterocycles. The number of anilines is 2. The lowest BCUT2D eigenvalue weighted by atomic mass is 10.1. The van der Waals surface area contributed by atoms with Crippen molar-refractivity contribution in [3.05, 3.63) is 92.4 Å². The van der Waals surface area contributed by atoms with Crippen LogP contribution in [0.15, 0.2) is 64.2 Å². The number of nitrogens with two attached hydrogens (primary N) is 1. The maximum absolute atomic E-state index is 13.1. The van der Waals surface area contributed by atoms with E-state index in [1.807, 2.05) is 19.9 Å². The Morgan fingerprint density at radius 2 is 1.68 bits per heavy atom. The fraction of sp³-hybridized carbons (Fsp3) is 0.296. The van der Waals surface area contributed by atoms with E-state index in [9.17, 15) is 28.4 Å². The van der Waals surface area contributed by atoms with Gasteiger partial charge in [-0.1, -0.05) is 44.2 Å². The number of nitrogen functional groups attached to an aromatic ring is 1. The number of rotatable bonds is 11. The highest BCUT2D eigenvalue weighted by Crippen LogP contribution is 2.20. The highest BCUT2D eigenvalue weighted by atomic mass is 19.1. The van der Waals surface area contributed by atoms with Crippen LogP contribution in [-0.4, -0.2) is 40.4 Å². The van der Waals surface area contributed by atoms with E-state index in [-0.39, 0.29) is 54.7 Å². The molecule has 2 aromatic carbocycles. The number of nitrogens with zero attached hydrogens (tertiary/aromatic N) is 2. The molecule has 0 radical (unpaired) electrons. The van der Waals surface area contributed by atoms with Gasteiger partial charge in [0, 0.05) is 18.5 Å². The first-order valence-electron chi connectivity index (χ1n) is 12.0. The summed E-state index contributed by atoms with van der Waals surface area (Å²) in [5.74, 6) is -2.69. The summed E-state index contributed by atoms with van der Waals surface area (Å²) in [4.78, 5) is 66.0. The summed E-state index contributed by atoms with van der Waals surface area (Å²) in [6.45, 7) is 3.06. The number of hydrogen-bond acceptors (Lipinski definition) is 7. The number of benzene rings is 2. The quantitative estimate of drug-likeness (QED) is 0.290. The molecule has 0 atom stereocenters. The molecule has 3 N–H and O–H groups in total. The molecular formula is C27H29FN4O6. The summed E-state index contributed by atoms with van der Waals surface area (Å²) < 4.78 is 19.2. The number of aromatic amines is 1. The molecule has 0 aliphatic carbocycles. The van der Waals surface area contributed by atoms with Crippen molar-refractivity contribution < 1.29 is 23.5 Å². The van der Waals surface area contributed by atoms with Gasteiger partial charge in [-0.15, -0.1) is 0 Å². The molecular weight excluding hydrogens is 495 g/mol. The smallest absolute Gasteiger partial charge is 0.330 e. The van der Waals surface area contributed by atoms with Crippen LogP contribution in [0.25, 0.3) is 0 Å². The lowest BCUT2D eigenvalue weighted by Crippen LogP contribution is -2.44. The number of halogens is 1. The van der Waals surface area contributed by atoms with Crippen LogP contribution in [0.3, 0.4) is 0 Å². The van der Waals surface area contributed by atoms with E-state index >= 15 is 0 Å². The molecule has 0 bridgehead atoms. The summed E-state index contributed by atoms with van der Waals surface area (Å²) in [7, 11) is 0. The highest BCUT2D eigenvalue weighted by Gasteiger charge is 2.26. The Labute approximate surface area is 217 Å². The van der Waals surface area contributed by atoms with Gasteiger partial charge in [0.15, 0.2) is 18.1 Å². The number of nitrogens with one attached hydrogen (secondary N) is 1. The van der Waals surface area contributed by atoms with Gasteiger partial charge in [0.05, 0.1) is 13.0 Å². The molecule has 38 heavy (non-hydrogen) atoms. The zero-order valence-electron chi connectivity index (χ0n) is 21.1. The first-order valence-corrected chi connectivity index (χ1v) is 12.0. The molecule has 10 nitrogen and oxygen atoms in total. The average molecular weight is 525 g/mol. The minimum Gasteiger partial charge on any atom is -0.456 e. The van der Waals surface area contributed by atoms with Crippen molar-refractivity contribution >= 4 is 29.2 Å². The molecule has 0 saturated heterocycles. The summed E-state index contributed by atoms with van der Waals surface area (Å²) in [5, 5.41) is 0. The topological polar surface area (TPSA) is 145 Å². The van der Waals surface area contributed by atoms with E-state index in [4.69, 9.17) is 10.5 Å². The number of aromatic nitrogens is 2. The predicted octanol–water partition coefficient (Wildman–Crippen LogP) is 2.50. The average Bonchev–Trinajstić information content (AvgIpc) is 2.88. The summed E-state index contributed by atoms with van der Waals surface area (Å²) in [5.41, 5.74) is 5.44. The Bertz CT molecular complexity index is 1410. The van der Waals surface area contributed by atoms with Crippen molar-refractivity contribution in [2.75, 3.05) is 23.8 Å². The van der Waals surface area contributed by atoms with Gasteiger partial charge in [0.25, 0.3) is 11.5 Å². The van der Waals surface area contributed by atoms with Crippen LogP contribution >= 0.6 is 0 Å². The molecule has 11 heteroatoms. The van der Waals surface area contributed by atoms with Gasteiger partial charge in [-0.05, 0) is 35.7 Å². The van der Waals surface area contributed by atoms with Crippen molar-refractivity contribution in [3.8, 4) is 0 Å². The predicted molar refractivity (Wildman–Crippen MR) is 139 cm³/mol. The van der Waals surface area contributed by atoms with Crippen LogP contribution < -0.4 is 21.9 Å². The lowest BCUT2D eigenvalue weighted by Gasteiger charge is -2.26. The van der Waals surface area contributed by atoms with Crippen molar-refractivity contribution in [1.82, 2.24) is 9.55 Å². The number of hydrogen-bond donors (Lipinski definition) is 2. The summed E-state index contributed by atoms with van der Waals surface area (Å²) in [6, 6.07) is 13.9. The molecule has 0 unspecified atom stereocenters. The van der Waals surface area contributed by atoms with Crippen LogP contribution in [-0.2, 0) is 20.9 Å². The van der Waals surface area contributed by atoms with Crippen LogP contribution in [0.4, 0.5) is 15.9 Å². The SMILES string of the molecule is CC(C)CN(C(=O)COC(=O)CCC(=O)c1ccc(F)cc1)c1c(N)n(Cc2ccccc2)c(=O)[nH]c1=O. The van der Waals surface area contributed by atoms with E-state index in [2.05, 4.69) is 4.98 Å². The molecule has 1 heterocycles. The van der Waals surface area contributed by atoms with Crippen LogP contribution in [0.5, 0.6) is 0 Å². The second-order valence-electron chi connectivity index (χ2n) is 9.05. The van der Waals surface area contributed by atoms with E-state index in [0.29, 0.717) is 0 Å². The third-order valence-electron chi connectivity index (χ3n) is 5.60. The number of carbonyl (C=O) groups is 3. The molecule has 200 valence electrons. The fourth-order valence-electron chi connectivity index (χ4n) is 3.73. The maximum Gasteiger partial charge on any atom is 0.330 e. The van der Waals surface area contributed by atoms with Crippen molar-refractivity contribution in [3.63, 3.8) is 0 Å². The van der Waals surface area contributed by atoms with Gasteiger partial charge < -0.3 is 15.4 Å². The molecule has 1 amide bonds. The van der Waals surface area contributed by atoms with Gasteiger partial charge in [-0.3, -0.25) is 28.7 Å². The highest BCUT2D eigenvalue weighted by molar-refractivity contribution is 5.99. The summed E-state index contributed by atoms with van der Waals surface area (Å²) >= 11 is 0. The van der Waals surface area contributed by atoms with Gasteiger partial charge in [-0.25, -0.2) is 9.18 Å². The van der Waals surface area contributed by atoms with Gasteiger partial charge in [-0.2, -0.15) is 0 Å². The van der Waals surface area contributed by atoms with E-state index in [1.165, 1.54) is 12.1 Å². The Kier molecular flexibility index (Phi) is 9.31. The molecule has 3 rings (SSSR count). The first kappa shape index (κ1) is 28.0. The standard InChI is InChI=1S/C27H29FN4O6/c1-17(2)14-31(22(34)16-38-23(35)13-12-21(33)19-8-10-20(28)11-9-19)24-25(29)32(27(37)30-26(24)36)15-18-6-4-3-5-7-18/h3-11,17H,12-16,29H2,1-2H3,(H,30,36,37). The number of esters is 1. The zero-order valence-corrected chi connectivity index (χ0v) is 21.1. The number of H-pyrrole nitrogens is 1. The molecule has 0 aliphatic rings. The Balaban J connectivity index is 1.74. The number of carbonyl (C=O) groups excluding carboxylic acids is 3. The Morgan fingerprint density at radius 1 is 1.03 bits per heavy atom. The van der Waals surface area contributed by atoms with E-state index in [1.54, 1.807) is 24.3 Å². The van der Waals surface area contributed by atoms with Crippen LogP contribution in [0, 0.1) is 11.7 Å². The molecule has 0 spiro atoms. The summed E-state index contributed by atoms with van der Waals surface area (Å²) in [6.07, 6.45) is -0.482. The minimum absolute atomic E-state index is 0.0655. The van der Waals surface area contributed by atoms with Crippen molar-refractivity contribution in [2.24, 2.45) is 5.92 Å². The normalized spacial score (nSPS) is 10.8. The van der Waals surface area contributed by atoms with Crippen molar-refractivity contribution in [1.29, 1.82) is 0 Å². The van der Waals surface area contributed by atoms with Crippen LogP contribution in [0.1, 0.15) is 42.6 Å².